The molecule has 0 radical (unpaired) electrons. The lowest BCUT2D eigenvalue weighted by atomic mass is 9.60. The maximum absolute atomic E-state index is 6.55. The van der Waals surface area contributed by atoms with Gasteiger partial charge in [-0.2, -0.15) is 0 Å². The Morgan fingerprint density at radius 2 is 1.89 bits per heavy atom. The van der Waals surface area contributed by atoms with E-state index < -0.39 is 0 Å². The molecule has 1 aliphatic rings. The largest absolute Gasteiger partial charge is 0.323 e. The van der Waals surface area contributed by atoms with Crippen LogP contribution in [-0.2, 0) is 5.41 Å². The number of benzene rings is 1. The standard InChI is InChI=1S/C15H16BrNS/c16-12-6-4-11(5-7-12)15(8-2-9-15)14(17)13-3-1-10-18-13/h1,3-7,10,14H,2,8-9,17H2. The Morgan fingerprint density at radius 3 is 2.39 bits per heavy atom. The first-order chi connectivity index (χ1) is 8.72. The lowest BCUT2D eigenvalue weighted by Gasteiger charge is -2.46. The summed E-state index contributed by atoms with van der Waals surface area (Å²) >= 11 is 5.27. The molecule has 0 spiro atoms. The lowest BCUT2D eigenvalue weighted by Crippen LogP contribution is -2.44. The van der Waals surface area contributed by atoms with E-state index in [9.17, 15) is 0 Å². The van der Waals surface area contributed by atoms with Crippen LogP contribution < -0.4 is 5.73 Å². The Labute approximate surface area is 120 Å². The van der Waals surface area contributed by atoms with E-state index in [0.717, 1.165) is 4.47 Å². The molecule has 1 unspecified atom stereocenters. The van der Waals surface area contributed by atoms with Crippen LogP contribution in [-0.4, -0.2) is 0 Å². The van der Waals surface area contributed by atoms with Crippen molar-refractivity contribution in [1.29, 1.82) is 0 Å². The summed E-state index contributed by atoms with van der Waals surface area (Å²) in [6.45, 7) is 0. The van der Waals surface area contributed by atoms with Crippen molar-refractivity contribution in [3.63, 3.8) is 0 Å². The molecule has 2 aromatic rings. The fraction of sp³-hybridized carbons (Fsp3) is 0.333. The van der Waals surface area contributed by atoms with E-state index in [1.807, 2.05) is 0 Å². The van der Waals surface area contributed by atoms with Crippen LogP contribution in [0, 0.1) is 0 Å². The number of thiophene rings is 1. The molecule has 1 nitrogen and oxygen atoms in total. The quantitative estimate of drug-likeness (QED) is 0.876. The molecule has 1 aromatic carbocycles. The second-order valence-electron chi connectivity index (χ2n) is 5.01. The molecule has 1 atom stereocenters. The third-order valence-corrected chi connectivity index (χ3v) is 5.59. The normalized spacial score (nSPS) is 19.2. The highest BCUT2D eigenvalue weighted by molar-refractivity contribution is 9.10. The van der Waals surface area contributed by atoms with E-state index in [2.05, 4.69) is 57.7 Å². The predicted octanol–water partition coefficient (Wildman–Crippen LogP) is 4.63. The van der Waals surface area contributed by atoms with Gasteiger partial charge in [0.15, 0.2) is 0 Å². The fourth-order valence-electron chi connectivity index (χ4n) is 2.86. The molecule has 1 saturated carbocycles. The first kappa shape index (κ1) is 12.4. The highest BCUT2D eigenvalue weighted by atomic mass is 79.9. The zero-order chi connectivity index (χ0) is 12.6. The zero-order valence-electron chi connectivity index (χ0n) is 10.1. The van der Waals surface area contributed by atoms with Crippen LogP contribution in [0.15, 0.2) is 46.3 Å². The summed E-state index contributed by atoms with van der Waals surface area (Å²) in [7, 11) is 0. The Morgan fingerprint density at radius 1 is 1.17 bits per heavy atom. The highest BCUT2D eigenvalue weighted by Crippen LogP contribution is 2.51. The monoisotopic (exact) mass is 321 g/mol. The Bertz CT molecular complexity index is 514. The topological polar surface area (TPSA) is 26.0 Å². The van der Waals surface area contributed by atoms with Gasteiger partial charge in [-0.15, -0.1) is 11.3 Å². The van der Waals surface area contributed by atoms with Crippen molar-refractivity contribution in [3.05, 3.63) is 56.7 Å². The molecule has 94 valence electrons. The number of hydrogen-bond acceptors (Lipinski definition) is 2. The maximum atomic E-state index is 6.55. The van der Waals surface area contributed by atoms with Crippen LogP contribution in [0.1, 0.15) is 35.7 Å². The van der Waals surface area contributed by atoms with Crippen molar-refractivity contribution in [2.75, 3.05) is 0 Å². The highest BCUT2D eigenvalue weighted by Gasteiger charge is 2.44. The second kappa shape index (κ2) is 4.80. The summed E-state index contributed by atoms with van der Waals surface area (Å²) in [5.74, 6) is 0. The average molecular weight is 322 g/mol. The van der Waals surface area contributed by atoms with E-state index in [4.69, 9.17) is 5.73 Å². The number of nitrogens with two attached hydrogens (primary N) is 1. The third-order valence-electron chi connectivity index (χ3n) is 4.11. The van der Waals surface area contributed by atoms with E-state index in [-0.39, 0.29) is 11.5 Å². The molecule has 3 heteroatoms. The minimum atomic E-state index is 0.132. The van der Waals surface area contributed by atoms with Gasteiger partial charge in [-0.05, 0) is 42.0 Å². The van der Waals surface area contributed by atoms with Gasteiger partial charge in [0.2, 0.25) is 0 Å². The summed E-state index contributed by atoms with van der Waals surface area (Å²) in [4.78, 5) is 1.30. The van der Waals surface area contributed by atoms with Gasteiger partial charge >= 0.3 is 0 Å². The van der Waals surface area contributed by atoms with E-state index in [0.29, 0.717) is 0 Å². The molecule has 0 bridgehead atoms. The van der Waals surface area contributed by atoms with E-state index in [1.54, 1.807) is 11.3 Å². The number of halogens is 1. The van der Waals surface area contributed by atoms with Crippen LogP contribution in [0.25, 0.3) is 0 Å². The fourth-order valence-corrected chi connectivity index (χ4v) is 3.97. The van der Waals surface area contributed by atoms with Crippen molar-refractivity contribution in [3.8, 4) is 0 Å². The van der Waals surface area contributed by atoms with Gasteiger partial charge in [-0.25, -0.2) is 0 Å². The van der Waals surface area contributed by atoms with Gasteiger partial charge in [-0.3, -0.25) is 0 Å². The minimum Gasteiger partial charge on any atom is -0.323 e. The molecule has 1 heterocycles. The summed E-state index contributed by atoms with van der Waals surface area (Å²) in [5.41, 5.74) is 8.09. The second-order valence-corrected chi connectivity index (χ2v) is 6.90. The molecule has 1 fully saturated rings. The van der Waals surface area contributed by atoms with Crippen molar-refractivity contribution < 1.29 is 0 Å². The van der Waals surface area contributed by atoms with Crippen molar-refractivity contribution >= 4 is 27.3 Å². The molecule has 18 heavy (non-hydrogen) atoms. The molecule has 3 rings (SSSR count). The van der Waals surface area contributed by atoms with Crippen LogP contribution >= 0.6 is 27.3 Å². The van der Waals surface area contributed by atoms with Crippen molar-refractivity contribution in [2.45, 2.75) is 30.7 Å². The molecule has 0 saturated heterocycles. The van der Waals surface area contributed by atoms with Crippen LogP contribution in [0.4, 0.5) is 0 Å². The molecule has 2 N–H and O–H groups in total. The van der Waals surface area contributed by atoms with Gasteiger partial charge in [0.1, 0.15) is 0 Å². The third kappa shape index (κ3) is 1.94. The van der Waals surface area contributed by atoms with Crippen molar-refractivity contribution in [1.82, 2.24) is 0 Å². The molecule has 1 aromatic heterocycles. The van der Waals surface area contributed by atoms with Gasteiger partial charge in [0.05, 0.1) is 0 Å². The molecular formula is C15H16BrNS. The van der Waals surface area contributed by atoms with Gasteiger partial charge in [0, 0.05) is 20.8 Å². The predicted molar refractivity (Wildman–Crippen MR) is 80.9 cm³/mol. The van der Waals surface area contributed by atoms with Gasteiger partial charge in [-0.1, -0.05) is 40.5 Å². The molecule has 0 aliphatic heterocycles. The molecule has 1 aliphatic carbocycles. The number of rotatable bonds is 3. The van der Waals surface area contributed by atoms with E-state index in [1.165, 1.54) is 29.7 Å². The van der Waals surface area contributed by atoms with Gasteiger partial charge < -0.3 is 5.73 Å². The number of hydrogen-bond donors (Lipinski definition) is 1. The van der Waals surface area contributed by atoms with Crippen LogP contribution in [0.3, 0.4) is 0 Å². The maximum Gasteiger partial charge on any atom is 0.0487 e. The van der Waals surface area contributed by atoms with Crippen LogP contribution in [0.5, 0.6) is 0 Å². The van der Waals surface area contributed by atoms with Gasteiger partial charge in [0.25, 0.3) is 0 Å². The average Bonchev–Trinajstić information content (AvgIpc) is 2.83. The Hall–Kier alpha value is -0.640. The lowest BCUT2D eigenvalue weighted by molar-refractivity contribution is 0.198. The molecule has 0 amide bonds. The van der Waals surface area contributed by atoms with E-state index >= 15 is 0 Å². The SMILES string of the molecule is NC(c1cccs1)C1(c2ccc(Br)cc2)CCC1. The minimum absolute atomic E-state index is 0.132. The van der Waals surface area contributed by atoms with Crippen molar-refractivity contribution in [2.24, 2.45) is 5.73 Å². The first-order valence-electron chi connectivity index (χ1n) is 6.27. The smallest absolute Gasteiger partial charge is 0.0487 e. The summed E-state index contributed by atoms with van der Waals surface area (Å²) in [6.07, 6.45) is 3.69. The first-order valence-corrected chi connectivity index (χ1v) is 7.95. The Kier molecular flexibility index (Phi) is 3.31. The summed E-state index contributed by atoms with van der Waals surface area (Å²) < 4.78 is 1.13. The zero-order valence-corrected chi connectivity index (χ0v) is 12.5. The molecular weight excluding hydrogens is 306 g/mol. The van der Waals surface area contributed by atoms with Crippen LogP contribution in [0.2, 0.25) is 0 Å². The summed E-state index contributed by atoms with van der Waals surface area (Å²) in [6, 6.07) is 13.1. The summed E-state index contributed by atoms with van der Waals surface area (Å²) in [5, 5.41) is 2.11. The Balaban J connectivity index is 1.97.